The fourth-order valence-corrected chi connectivity index (χ4v) is 4.77. The van der Waals surface area contributed by atoms with E-state index in [1.54, 1.807) is 18.2 Å². The van der Waals surface area contributed by atoms with Crippen LogP contribution in [0.3, 0.4) is 0 Å². The number of halogens is 3. The van der Waals surface area contributed by atoms with E-state index < -0.39 is 11.7 Å². The number of anilines is 4. The molecule has 0 radical (unpaired) electrons. The van der Waals surface area contributed by atoms with Crippen LogP contribution in [-0.2, 0) is 6.18 Å². The van der Waals surface area contributed by atoms with E-state index in [9.17, 15) is 13.2 Å². The molecule has 6 N–H and O–H groups in total. The molecule has 2 aliphatic heterocycles. The van der Waals surface area contributed by atoms with Crippen LogP contribution in [0, 0.1) is 0 Å². The molecule has 9 nitrogen and oxygen atoms in total. The number of hydrogen-bond donors (Lipinski definition) is 4. The van der Waals surface area contributed by atoms with Crippen LogP contribution < -0.4 is 36.6 Å². The molecule has 2 aromatic rings. The number of alkyl halides is 3. The SMILES string of the molecule is COc1cc(N)cnc1N1C[C@@H](C)N[C@@H](C)C1.C[C@@H]1CN(c2ncc(N)cc2C(F)(F)F)C[C@H](C)N1. The van der Waals surface area contributed by atoms with Crippen molar-refractivity contribution in [1.82, 2.24) is 20.6 Å². The van der Waals surface area contributed by atoms with Gasteiger partial charge in [0.05, 0.1) is 30.9 Å². The Balaban J connectivity index is 0.000000202. The summed E-state index contributed by atoms with van der Waals surface area (Å²) in [6.45, 7) is 11.1. The third-order valence-electron chi connectivity index (χ3n) is 5.98. The van der Waals surface area contributed by atoms with Gasteiger partial charge in [-0.25, -0.2) is 9.97 Å². The van der Waals surface area contributed by atoms with Crippen molar-refractivity contribution in [3.8, 4) is 5.75 Å². The number of ether oxygens (including phenoxy) is 1. The highest BCUT2D eigenvalue weighted by atomic mass is 19.4. The predicted molar refractivity (Wildman–Crippen MR) is 137 cm³/mol. The van der Waals surface area contributed by atoms with Gasteiger partial charge in [-0.1, -0.05) is 0 Å². The Labute approximate surface area is 210 Å². The Kier molecular flexibility index (Phi) is 8.72. The Morgan fingerprint density at radius 2 is 1.22 bits per heavy atom. The maximum Gasteiger partial charge on any atom is 0.420 e. The van der Waals surface area contributed by atoms with Crippen molar-refractivity contribution in [2.75, 3.05) is 54.6 Å². The first-order valence-electron chi connectivity index (χ1n) is 12.0. The minimum Gasteiger partial charge on any atom is -0.493 e. The number of hydrogen-bond acceptors (Lipinski definition) is 9. The summed E-state index contributed by atoms with van der Waals surface area (Å²) in [6, 6.07) is 3.89. The van der Waals surface area contributed by atoms with Crippen LogP contribution in [-0.4, -0.2) is 67.4 Å². The summed E-state index contributed by atoms with van der Waals surface area (Å²) in [6.07, 6.45) is -1.51. The van der Waals surface area contributed by atoms with Gasteiger partial charge in [0.15, 0.2) is 11.6 Å². The molecule has 0 aromatic carbocycles. The summed E-state index contributed by atoms with van der Waals surface area (Å²) in [5.74, 6) is 1.58. The lowest BCUT2D eigenvalue weighted by Gasteiger charge is -2.37. The molecule has 4 heterocycles. The summed E-state index contributed by atoms with van der Waals surface area (Å²) < 4.78 is 44.5. The zero-order chi connectivity index (χ0) is 26.6. The zero-order valence-corrected chi connectivity index (χ0v) is 21.4. The smallest absolute Gasteiger partial charge is 0.420 e. The lowest BCUT2D eigenvalue weighted by Crippen LogP contribution is -2.54. The third-order valence-corrected chi connectivity index (χ3v) is 5.98. The molecule has 2 aliphatic rings. The standard InChI is InChI=1S/C12H17F3N4.C12H20N4O/c1-7-5-19(6-8(2)18-7)11-10(12(13,14)15)3-9(16)4-17-11;1-8-6-16(7-9(2)15-8)12-11(17-3)4-10(13)5-14-12/h3-4,7-8,18H,5-6,16H2,1-2H3;4-5,8-9,15H,6-7,13H2,1-3H3/t7-,8+;8-,9+. The second-order valence-corrected chi connectivity index (χ2v) is 9.68. The molecule has 0 saturated carbocycles. The fraction of sp³-hybridized carbons (Fsp3) is 0.583. The minimum absolute atomic E-state index is 0.0207. The van der Waals surface area contributed by atoms with E-state index in [0.29, 0.717) is 30.9 Å². The van der Waals surface area contributed by atoms with Gasteiger partial charge in [0.1, 0.15) is 11.4 Å². The molecule has 12 heteroatoms. The topological polar surface area (TPSA) is 118 Å². The minimum atomic E-state index is -4.45. The van der Waals surface area contributed by atoms with E-state index in [1.165, 1.54) is 6.20 Å². The molecule has 0 bridgehead atoms. The highest BCUT2D eigenvalue weighted by Crippen LogP contribution is 2.37. The van der Waals surface area contributed by atoms with Gasteiger partial charge in [-0.05, 0) is 33.8 Å². The van der Waals surface area contributed by atoms with Crippen molar-refractivity contribution in [3.05, 3.63) is 30.1 Å². The number of nitrogens with one attached hydrogen (secondary N) is 2. The normalized spacial score (nSPS) is 24.7. The molecular weight excluding hydrogens is 473 g/mol. The highest BCUT2D eigenvalue weighted by molar-refractivity contribution is 5.58. The van der Waals surface area contributed by atoms with E-state index in [0.717, 1.165) is 30.7 Å². The molecule has 2 saturated heterocycles. The fourth-order valence-electron chi connectivity index (χ4n) is 4.77. The third kappa shape index (κ3) is 7.03. The number of methoxy groups -OCH3 is 1. The monoisotopic (exact) mass is 510 g/mol. The van der Waals surface area contributed by atoms with Gasteiger partial charge in [0.2, 0.25) is 0 Å². The van der Waals surface area contributed by atoms with Crippen LogP contribution in [0.5, 0.6) is 5.75 Å². The molecule has 0 amide bonds. The van der Waals surface area contributed by atoms with Crippen LogP contribution >= 0.6 is 0 Å². The molecule has 4 rings (SSSR count). The summed E-state index contributed by atoms with van der Waals surface area (Å²) in [7, 11) is 1.65. The number of nitrogens with zero attached hydrogens (tertiary/aromatic N) is 4. The number of rotatable bonds is 3. The number of nitrogen functional groups attached to an aromatic ring is 2. The molecule has 0 aliphatic carbocycles. The molecule has 36 heavy (non-hydrogen) atoms. The van der Waals surface area contributed by atoms with Crippen molar-refractivity contribution in [2.24, 2.45) is 0 Å². The quantitative estimate of drug-likeness (QED) is 0.494. The Morgan fingerprint density at radius 3 is 1.67 bits per heavy atom. The second kappa shape index (κ2) is 11.4. The van der Waals surface area contributed by atoms with Gasteiger partial charge in [0, 0.05) is 56.4 Å². The van der Waals surface area contributed by atoms with Crippen molar-refractivity contribution in [2.45, 2.75) is 58.0 Å². The van der Waals surface area contributed by atoms with Crippen LogP contribution in [0.2, 0.25) is 0 Å². The first kappa shape index (κ1) is 27.6. The second-order valence-electron chi connectivity index (χ2n) is 9.68. The van der Waals surface area contributed by atoms with Crippen LogP contribution in [0.15, 0.2) is 24.5 Å². The number of nitrogens with two attached hydrogens (primary N) is 2. The summed E-state index contributed by atoms with van der Waals surface area (Å²) in [4.78, 5) is 12.2. The summed E-state index contributed by atoms with van der Waals surface area (Å²) in [5.41, 5.74) is 11.0. The Bertz CT molecular complexity index is 1000. The lowest BCUT2D eigenvalue weighted by molar-refractivity contribution is -0.137. The number of pyridine rings is 2. The molecule has 2 fully saturated rings. The van der Waals surface area contributed by atoms with Gasteiger partial charge in [-0.15, -0.1) is 0 Å². The predicted octanol–water partition coefficient (Wildman–Crippen LogP) is 2.73. The number of aromatic nitrogens is 2. The average molecular weight is 511 g/mol. The molecule has 200 valence electrons. The molecule has 0 unspecified atom stereocenters. The van der Waals surface area contributed by atoms with Crippen LogP contribution in [0.1, 0.15) is 33.3 Å². The van der Waals surface area contributed by atoms with Gasteiger partial charge >= 0.3 is 6.18 Å². The van der Waals surface area contributed by atoms with Gasteiger partial charge in [-0.3, -0.25) is 0 Å². The average Bonchev–Trinajstić information content (AvgIpc) is 2.77. The first-order chi connectivity index (χ1) is 16.9. The van der Waals surface area contributed by atoms with E-state index in [2.05, 4.69) is 39.3 Å². The maximum absolute atomic E-state index is 13.0. The molecule has 2 aromatic heterocycles. The van der Waals surface area contributed by atoms with Crippen molar-refractivity contribution >= 4 is 23.0 Å². The Morgan fingerprint density at radius 1 is 0.806 bits per heavy atom. The largest absolute Gasteiger partial charge is 0.493 e. The Hall–Kier alpha value is -2.99. The van der Waals surface area contributed by atoms with E-state index in [-0.39, 0.29) is 23.6 Å². The lowest BCUT2D eigenvalue weighted by atomic mass is 10.1. The van der Waals surface area contributed by atoms with Crippen molar-refractivity contribution < 1.29 is 17.9 Å². The van der Waals surface area contributed by atoms with Crippen LogP contribution in [0.4, 0.5) is 36.2 Å². The summed E-state index contributed by atoms with van der Waals surface area (Å²) >= 11 is 0. The van der Waals surface area contributed by atoms with E-state index in [4.69, 9.17) is 16.2 Å². The number of piperazine rings is 2. The van der Waals surface area contributed by atoms with Crippen LogP contribution in [0.25, 0.3) is 0 Å². The van der Waals surface area contributed by atoms with Gasteiger partial charge < -0.3 is 36.6 Å². The molecular formula is C24H37F3N8O. The van der Waals surface area contributed by atoms with E-state index in [1.807, 2.05) is 19.9 Å². The van der Waals surface area contributed by atoms with E-state index >= 15 is 0 Å². The molecule has 4 atom stereocenters. The van der Waals surface area contributed by atoms with Crippen molar-refractivity contribution in [1.29, 1.82) is 0 Å². The van der Waals surface area contributed by atoms with Gasteiger partial charge in [0.25, 0.3) is 0 Å². The molecule has 0 spiro atoms. The van der Waals surface area contributed by atoms with Gasteiger partial charge in [-0.2, -0.15) is 13.2 Å². The maximum atomic E-state index is 13.0. The zero-order valence-electron chi connectivity index (χ0n) is 21.4. The summed E-state index contributed by atoms with van der Waals surface area (Å²) in [5, 5.41) is 6.77. The first-order valence-corrected chi connectivity index (χ1v) is 12.0. The van der Waals surface area contributed by atoms with Crippen molar-refractivity contribution in [3.63, 3.8) is 0 Å². The highest BCUT2D eigenvalue weighted by Gasteiger charge is 2.37.